The summed E-state index contributed by atoms with van der Waals surface area (Å²) in [4.78, 5) is 12.7. The fourth-order valence-corrected chi connectivity index (χ4v) is 5.95. The Morgan fingerprint density at radius 2 is 1.65 bits per heavy atom. The van der Waals surface area contributed by atoms with Crippen molar-refractivity contribution in [2.24, 2.45) is 17.3 Å². The van der Waals surface area contributed by atoms with E-state index in [4.69, 9.17) is 14.2 Å². The van der Waals surface area contributed by atoms with Crippen molar-refractivity contribution in [3.63, 3.8) is 0 Å². The molecule has 0 radical (unpaired) electrons. The Morgan fingerprint density at radius 3 is 2.15 bits per heavy atom. The van der Waals surface area contributed by atoms with Crippen molar-refractivity contribution >= 4 is 5.97 Å². The predicted octanol–water partition coefficient (Wildman–Crippen LogP) is 4.42. The SMILES string of the molecule is CCC1(COC23CC4CC(C2)CC(OC(=O)C(C)=C(C)C)(C4)C3)COC1. The van der Waals surface area contributed by atoms with E-state index < -0.39 is 0 Å². The molecule has 0 amide bonds. The van der Waals surface area contributed by atoms with Crippen LogP contribution in [0.3, 0.4) is 0 Å². The van der Waals surface area contributed by atoms with Gasteiger partial charge >= 0.3 is 5.97 Å². The van der Waals surface area contributed by atoms with Gasteiger partial charge in [0.15, 0.2) is 0 Å². The van der Waals surface area contributed by atoms with Crippen molar-refractivity contribution in [2.45, 2.75) is 83.8 Å². The molecule has 2 atom stereocenters. The molecule has 26 heavy (non-hydrogen) atoms. The zero-order chi connectivity index (χ0) is 18.6. The predicted molar refractivity (Wildman–Crippen MR) is 99.8 cm³/mol. The van der Waals surface area contributed by atoms with E-state index in [0.29, 0.717) is 11.8 Å². The molecule has 146 valence electrons. The third-order valence-electron chi connectivity index (χ3n) is 7.57. The second-order valence-electron chi connectivity index (χ2n) is 9.98. The molecule has 1 saturated heterocycles. The van der Waals surface area contributed by atoms with Crippen molar-refractivity contribution < 1.29 is 19.0 Å². The summed E-state index contributed by atoms with van der Waals surface area (Å²) >= 11 is 0. The summed E-state index contributed by atoms with van der Waals surface area (Å²) in [7, 11) is 0. The Labute approximate surface area is 157 Å². The summed E-state index contributed by atoms with van der Waals surface area (Å²) in [6.07, 6.45) is 7.62. The van der Waals surface area contributed by atoms with E-state index in [-0.39, 0.29) is 22.6 Å². The molecule has 0 spiro atoms. The van der Waals surface area contributed by atoms with Crippen molar-refractivity contribution in [2.75, 3.05) is 19.8 Å². The number of hydrogen-bond acceptors (Lipinski definition) is 4. The first-order valence-corrected chi connectivity index (χ1v) is 10.4. The molecule has 5 aliphatic rings. The molecule has 4 nitrogen and oxygen atoms in total. The Hall–Kier alpha value is -0.870. The molecule has 0 aromatic rings. The highest BCUT2D eigenvalue weighted by Gasteiger charge is 2.61. The smallest absolute Gasteiger partial charge is 0.334 e. The Morgan fingerprint density at radius 1 is 1.04 bits per heavy atom. The first kappa shape index (κ1) is 18.5. The van der Waals surface area contributed by atoms with Crippen LogP contribution in [-0.4, -0.2) is 37.0 Å². The maximum absolute atomic E-state index is 12.7. The van der Waals surface area contributed by atoms with E-state index in [9.17, 15) is 4.79 Å². The van der Waals surface area contributed by atoms with Gasteiger partial charge in [0.25, 0.3) is 0 Å². The van der Waals surface area contributed by atoms with Crippen LogP contribution in [0.25, 0.3) is 0 Å². The lowest BCUT2D eigenvalue weighted by Crippen LogP contribution is -2.62. The van der Waals surface area contributed by atoms with Gasteiger partial charge in [-0.15, -0.1) is 0 Å². The van der Waals surface area contributed by atoms with Gasteiger partial charge in [0.1, 0.15) is 5.60 Å². The third-order valence-corrected chi connectivity index (χ3v) is 7.57. The summed E-state index contributed by atoms with van der Waals surface area (Å²) in [5.41, 5.74) is 1.63. The summed E-state index contributed by atoms with van der Waals surface area (Å²) in [5.74, 6) is 1.16. The van der Waals surface area contributed by atoms with Crippen LogP contribution in [0.5, 0.6) is 0 Å². The standard InChI is InChI=1S/C22H34O4/c1-5-20(12-24-13-20)14-25-21-7-17-6-18(8-21)10-22(9-17,11-21)26-19(23)16(4)15(2)3/h17-18H,5-14H2,1-4H3. The number of hydrogen-bond donors (Lipinski definition) is 0. The molecule has 5 rings (SSSR count). The molecule has 4 saturated carbocycles. The lowest BCUT2D eigenvalue weighted by molar-refractivity contribution is -0.253. The highest BCUT2D eigenvalue weighted by Crippen LogP contribution is 2.60. The molecule has 4 aliphatic carbocycles. The van der Waals surface area contributed by atoms with Gasteiger partial charge in [-0.1, -0.05) is 12.5 Å². The van der Waals surface area contributed by atoms with Crippen molar-refractivity contribution in [1.82, 2.24) is 0 Å². The molecular weight excluding hydrogens is 328 g/mol. The van der Waals surface area contributed by atoms with Crippen LogP contribution in [-0.2, 0) is 19.0 Å². The number of carbonyl (C=O) groups is 1. The van der Waals surface area contributed by atoms with E-state index in [1.807, 2.05) is 20.8 Å². The molecular formula is C22H34O4. The highest BCUT2D eigenvalue weighted by molar-refractivity contribution is 5.88. The van der Waals surface area contributed by atoms with Gasteiger partial charge in [-0.3, -0.25) is 0 Å². The van der Waals surface area contributed by atoms with Gasteiger partial charge < -0.3 is 14.2 Å². The molecule has 4 bridgehead atoms. The second-order valence-corrected chi connectivity index (χ2v) is 9.98. The number of rotatable bonds is 6. The second kappa shape index (κ2) is 6.34. The summed E-state index contributed by atoms with van der Waals surface area (Å²) in [5, 5.41) is 0. The molecule has 1 heterocycles. The number of carbonyl (C=O) groups excluding carboxylic acids is 1. The van der Waals surface area contributed by atoms with Gasteiger partial charge in [0, 0.05) is 17.4 Å². The third kappa shape index (κ3) is 3.13. The number of allylic oxidation sites excluding steroid dienone is 1. The van der Waals surface area contributed by atoms with E-state index in [1.54, 1.807) is 0 Å². The minimum atomic E-state index is -0.298. The minimum Gasteiger partial charge on any atom is -0.456 e. The molecule has 0 N–H and O–H groups in total. The Bertz CT molecular complexity index is 592. The first-order chi connectivity index (χ1) is 12.3. The number of ether oxygens (including phenoxy) is 3. The van der Waals surface area contributed by atoms with Crippen LogP contribution in [0.2, 0.25) is 0 Å². The average molecular weight is 363 g/mol. The van der Waals surface area contributed by atoms with Crippen LogP contribution in [0.4, 0.5) is 0 Å². The fourth-order valence-electron chi connectivity index (χ4n) is 5.95. The van der Waals surface area contributed by atoms with Crippen LogP contribution in [0.15, 0.2) is 11.1 Å². The zero-order valence-electron chi connectivity index (χ0n) is 16.9. The van der Waals surface area contributed by atoms with Crippen molar-refractivity contribution in [3.8, 4) is 0 Å². The maximum atomic E-state index is 12.7. The lowest BCUT2D eigenvalue weighted by atomic mass is 9.52. The molecule has 0 aromatic heterocycles. The monoisotopic (exact) mass is 362 g/mol. The molecule has 0 aromatic carbocycles. The largest absolute Gasteiger partial charge is 0.456 e. The summed E-state index contributed by atoms with van der Waals surface area (Å²) in [6, 6.07) is 0. The first-order valence-electron chi connectivity index (χ1n) is 10.4. The molecule has 5 fully saturated rings. The lowest BCUT2D eigenvalue weighted by Gasteiger charge is -2.61. The minimum absolute atomic E-state index is 0.0823. The van der Waals surface area contributed by atoms with Crippen molar-refractivity contribution in [3.05, 3.63) is 11.1 Å². The Kier molecular flexibility index (Phi) is 4.51. The maximum Gasteiger partial charge on any atom is 0.334 e. The van der Waals surface area contributed by atoms with E-state index >= 15 is 0 Å². The summed E-state index contributed by atoms with van der Waals surface area (Å²) in [6.45, 7) is 10.5. The number of esters is 1. The normalized spacial score (nSPS) is 39.4. The van der Waals surface area contributed by atoms with Crippen LogP contribution in [0.1, 0.15) is 72.6 Å². The average Bonchev–Trinajstić information content (AvgIpc) is 2.51. The van der Waals surface area contributed by atoms with Gasteiger partial charge in [-0.05, 0) is 71.1 Å². The van der Waals surface area contributed by atoms with Gasteiger partial charge in [-0.25, -0.2) is 4.79 Å². The van der Waals surface area contributed by atoms with Crippen LogP contribution >= 0.6 is 0 Å². The highest BCUT2D eigenvalue weighted by atomic mass is 16.6. The van der Waals surface area contributed by atoms with Gasteiger partial charge in [-0.2, -0.15) is 0 Å². The van der Waals surface area contributed by atoms with Gasteiger partial charge in [0.2, 0.25) is 0 Å². The fraction of sp³-hybridized carbons (Fsp3) is 0.864. The van der Waals surface area contributed by atoms with Crippen molar-refractivity contribution in [1.29, 1.82) is 0 Å². The van der Waals surface area contributed by atoms with Gasteiger partial charge in [0.05, 0.1) is 25.4 Å². The quantitative estimate of drug-likeness (QED) is 0.518. The van der Waals surface area contributed by atoms with E-state index in [0.717, 1.165) is 69.5 Å². The van der Waals surface area contributed by atoms with E-state index in [2.05, 4.69) is 6.92 Å². The van der Waals surface area contributed by atoms with Crippen LogP contribution in [0, 0.1) is 17.3 Å². The topological polar surface area (TPSA) is 44.8 Å². The molecule has 1 aliphatic heterocycles. The van der Waals surface area contributed by atoms with E-state index in [1.165, 1.54) is 6.42 Å². The van der Waals surface area contributed by atoms with Crippen LogP contribution < -0.4 is 0 Å². The molecule has 4 heteroatoms. The zero-order valence-corrected chi connectivity index (χ0v) is 16.9. The molecule has 2 unspecified atom stereocenters. The summed E-state index contributed by atoms with van der Waals surface area (Å²) < 4.78 is 18.3. The Balaban J connectivity index is 1.50.